The van der Waals surface area contributed by atoms with Gasteiger partial charge in [0.15, 0.2) is 0 Å². The second-order valence-corrected chi connectivity index (χ2v) is 9.05. The molecule has 4 rings (SSSR count). The Kier molecular flexibility index (Phi) is 7.74. The fourth-order valence-corrected chi connectivity index (χ4v) is 5.15. The summed E-state index contributed by atoms with van der Waals surface area (Å²) in [5.41, 5.74) is 2.60. The summed E-state index contributed by atoms with van der Waals surface area (Å²) in [6.45, 7) is 4.08. The Morgan fingerprint density at radius 3 is 2.49 bits per heavy atom. The predicted octanol–water partition coefficient (Wildman–Crippen LogP) is 4.54. The zero-order valence-electron chi connectivity index (χ0n) is 19.3. The van der Waals surface area contributed by atoms with Crippen molar-refractivity contribution in [3.8, 4) is 10.4 Å². The van der Waals surface area contributed by atoms with Crippen LogP contribution in [0.25, 0.3) is 10.4 Å². The molecular formula is C25H26N4O5S. The summed E-state index contributed by atoms with van der Waals surface area (Å²) >= 11 is 1.38. The van der Waals surface area contributed by atoms with Crippen molar-refractivity contribution in [2.75, 3.05) is 43.5 Å². The van der Waals surface area contributed by atoms with Gasteiger partial charge in [0.2, 0.25) is 5.91 Å². The number of hydrogen-bond acceptors (Lipinski definition) is 7. The van der Waals surface area contributed by atoms with Crippen LogP contribution >= 0.6 is 11.3 Å². The summed E-state index contributed by atoms with van der Waals surface area (Å²) in [4.78, 5) is 39.6. The third kappa shape index (κ3) is 5.67. The van der Waals surface area contributed by atoms with Crippen LogP contribution in [0.5, 0.6) is 0 Å². The second kappa shape index (κ2) is 11.1. The van der Waals surface area contributed by atoms with Gasteiger partial charge in [-0.15, -0.1) is 11.3 Å². The lowest BCUT2D eigenvalue weighted by Gasteiger charge is -2.27. The molecule has 0 bridgehead atoms. The molecule has 182 valence electrons. The molecule has 35 heavy (non-hydrogen) atoms. The number of nitro groups is 1. The van der Waals surface area contributed by atoms with Crippen molar-refractivity contribution in [2.45, 2.75) is 13.3 Å². The molecule has 0 atom stereocenters. The van der Waals surface area contributed by atoms with Gasteiger partial charge in [-0.2, -0.15) is 0 Å². The SMILES string of the molecule is Cc1c(-c2ccccc2)sc(NC(=O)CCNc2ccccc2[N+](=O)[O-])c1C(=O)N1CCOCC1. The Bertz CT molecular complexity index is 1220. The maximum Gasteiger partial charge on any atom is 0.292 e. The number of carbonyl (C=O) groups excluding carboxylic acids is 2. The first kappa shape index (κ1) is 24.4. The quantitative estimate of drug-likeness (QED) is 0.351. The van der Waals surface area contributed by atoms with Crippen molar-refractivity contribution in [1.29, 1.82) is 0 Å². The highest BCUT2D eigenvalue weighted by Crippen LogP contribution is 2.40. The number of ether oxygens (including phenoxy) is 1. The summed E-state index contributed by atoms with van der Waals surface area (Å²) in [6, 6.07) is 16.0. The van der Waals surface area contributed by atoms with Crippen LogP contribution in [0.4, 0.5) is 16.4 Å². The smallest absolute Gasteiger partial charge is 0.292 e. The van der Waals surface area contributed by atoms with E-state index in [0.717, 1.165) is 16.0 Å². The molecule has 1 fully saturated rings. The Labute approximate surface area is 206 Å². The lowest BCUT2D eigenvalue weighted by atomic mass is 10.1. The number of nitrogens with zero attached hydrogens (tertiary/aromatic N) is 2. The van der Waals surface area contributed by atoms with Gasteiger partial charge in [0, 0.05) is 37.0 Å². The van der Waals surface area contributed by atoms with Gasteiger partial charge in [0.1, 0.15) is 10.7 Å². The van der Waals surface area contributed by atoms with Crippen LogP contribution in [0, 0.1) is 17.0 Å². The first-order valence-corrected chi connectivity index (χ1v) is 12.1. The van der Waals surface area contributed by atoms with E-state index in [9.17, 15) is 19.7 Å². The molecule has 2 N–H and O–H groups in total. The van der Waals surface area contributed by atoms with E-state index >= 15 is 0 Å². The number of nitro benzene ring substituents is 1. The van der Waals surface area contributed by atoms with E-state index in [0.29, 0.717) is 42.6 Å². The highest BCUT2D eigenvalue weighted by molar-refractivity contribution is 7.20. The first-order valence-electron chi connectivity index (χ1n) is 11.3. The van der Waals surface area contributed by atoms with Crippen LogP contribution < -0.4 is 10.6 Å². The van der Waals surface area contributed by atoms with Crippen molar-refractivity contribution in [1.82, 2.24) is 4.90 Å². The number of rotatable bonds is 8. The van der Waals surface area contributed by atoms with Gasteiger partial charge in [-0.05, 0) is 24.1 Å². The predicted molar refractivity (Wildman–Crippen MR) is 136 cm³/mol. The van der Waals surface area contributed by atoms with Crippen molar-refractivity contribution in [3.63, 3.8) is 0 Å². The molecule has 2 heterocycles. The minimum absolute atomic E-state index is 0.0484. The summed E-state index contributed by atoms with van der Waals surface area (Å²) < 4.78 is 5.38. The molecule has 1 aromatic heterocycles. The summed E-state index contributed by atoms with van der Waals surface area (Å²) in [6.07, 6.45) is 0.0782. The molecule has 0 unspecified atom stereocenters. The van der Waals surface area contributed by atoms with Crippen molar-refractivity contribution in [2.24, 2.45) is 0 Å². The lowest BCUT2D eigenvalue weighted by molar-refractivity contribution is -0.384. The third-order valence-electron chi connectivity index (χ3n) is 5.72. The molecule has 10 heteroatoms. The van der Waals surface area contributed by atoms with Crippen LogP contribution in [-0.2, 0) is 9.53 Å². The fourth-order valence-electron chi connectivity index (χ4n) is 3.93. The van der Waals surface area contributed by atoms with Crippen LogP contribution in [0.15, 0.2) is 54.6 Å². The normalized spacial score (nSPS) is 13.3. The number of amides is 2. The maximum atomic E-state index is 13.4. The molecule has 2 amide bonds. The maximum absolute atomic E-state index is 13.4. The van der Waals surface area contributed by atoms with Crippen molar-refractivity contribution in [3.05, 3.63) is 75.8 Å². The molecule has 0 aliphatic carbocycles. The van der Waals surface area contributed by atoms with Gasteiger partial charge < -0.3 is 20.3 Å². The molecule has 0 saturated carbocycles. The Morgan fingerprint density at radius 2 is 1.77 bits per heavy atom. The van der Waals surface area contributed by atoms with Crippen LogP contribution in [0.3, 0.4) is 0 Å². The largest absolute Gasteiger partial charge is 0.379 e. The number of para-hydroxylation sites is 2. The molecule has 1 aliphatic heterocycles. The molecule has 9 nitrogen and oxygen atoms in total. The molecule has 0 radical (unpaired) electrons. The highest BCUT2D eigenvalue weighted by atomic mass is 32.1. The average molecular weight is 495 g/mol. The first-order chi connectivity index (χ1) is 17.0. The number of benzene rings is 2. The van der Waals surface area contributed by atoms with E-state index in [4.69, 9.17) is 4.74 Å². The number of anilines is 2. The zero-order chi connectivity index (χ0) is 24.8. The molecular weight excluding hydrogens is 468 g/mol. The van der Waals surface area contributed by atoms with Gasteiger partial charge in [0.25, 0.3) is 11.6 Å². The lowest BCUT2D eigenvalue weighted by Crippen LogP contribution is -2.41. The Balaban J connectivity index is 1.52. The van der Waals surface area contributed by atoms with Gasteiger partial charge in [-0.25, -0.2) is 0 Å². The Hall–Kier alpha value is -3.76. The van der Waals surface area contributed by atoms with E-state index in [1.54, 1.807) is 23.1 Å². The minimum atomic E-state index is -0.467. The number of nitrogens with one attached hydrogen (secondary N) is 2. The topological polar surface area (TPSA) is 114 Å². The molecule has 2 aromatic carbocycles. The van der Waals surface area contributed by atoms with Crippen molar-refractivity contribution >= 4 is 39.5 Å². The van der Waals surface area contributed by atoms with Crippen LogP contribution in [-0.4, -0.2) is 54.5 Å². The molecule has 0 spiro atoms. The second-order valence-electron chi connectivity index (χ2n) is 8.03. The third-order valence-corrected chi connectivity index (χ3v) is 6.97. The highest BCUT2D eigenvalue weighted by Gasteiger charge is 2.28. The van der Waals surface area contributed by atoms with Crippen LogP contribution in [0.2, 0.25) is 0 Å². The van der Waals surface area contributed by atoms with Crippen molar-refractivity contribution < 1.29 is 19.2 Å². The average Bonchev–Trinajstić information content (AvgIpc) is 3.20. The number of hydrogen-bond donors (Lipinski definition) is 2. The standard InChI is InChI=1S/C25H26N4O5S/c1-17-22(25(31)28-13-15-34-16-14-28)24(35-23(17)18-7-3-2-4-8-18)27-21(30)11-12-26-19-9-5-6-10-20(19)29(32)33/h2-10,26H,11-16H2,1H3,(H,27,30). The monoisotopic (exact) mass is 494 g/mol. The number of carbonyl (C=O) groups is 2. The van der Waals surface area contributed by atoms with E-state index in [1.165, 1.54) is 17.4 Å². The molecule has 1 saturated heterocycles. The van der Waals surface area contributed by atoms with Gasteiger partial charge >= 0.3 is 0 Å². The van der Waals surface area contributed by atoms with Crippen LogP contribution in [0.1, 0.15) is 22.3 Å². The molecule has 3 aromatic rings. The minimum Gasteiger partial charge on any atom is -0.379 e. The number of morpholine rings is 1. The van der Waals surface area contributed by atoms with Gasteiger partial charge in [-0.1, -0.05) is 42.5 Å². The van der Waals surface area contributed by atoms with Gasteiger partial charge in [-0.3, -0.25) is 19.7 Å². The zero-order valence-corrected chi connectivity index (χ0v) is 20.1. The number of thiophene rings is 1. The van der Waals surface area contributed by atoms with E-state index in [2.05, 4.69) is 10.6 Å². The van der Waals surface area contributed by atoms with E-state index in [-0.39, 0.29) is 30.5 Å². The summed E-state index contributed by atoms with van der Waals surface area (Å²) in [7, 11) is 0. The van der Waals surface area contributed by atoms with Gasteiger partial charge in [0.05, 0.1) is 23.7 Å². The molecule has 1 aliphatic rings. The Morgan fingerprint density at radius 1 is 1.09 bits per heavy atom. The summed E-state index contributed by atoms with van der Waals surface area (Å²) in [5, 5.41) is 17.6. The van der Waals surface area contributed by atoms with E-state index < -0.39 is 4.92 Å². The van der Waals surface area contributed by atoms with E-state index in [1.807, 2.05) is 37.3 Å². The summed E-state index contributed by atoms with van der Waals surface area (Å²) in [5.74, 6) is -0.412. The fraction of sp³-hybridized carbons (Fsp3) is 0.280.